The molecule has 2 fully saturated rings. The summed E-state index contributed by atoms with van der Waals surface area (Å²) in [5.74, 6) is -4.80. The van der Waals surface area contributed by atoms with Gasteiger partial charge in [-0.15, -0.1) is 0 Å². The van der Waals surface area contributed by atoms with Gasteiger partial charge in [-0.3, -0.25) is 68.6 Å². The second kappa shape index (κ2) is 30.6. The Labute approximate surface area is 462 Å². The van der Waals surface area contributed by atoms with Crippen LogP contribution in [0.4, 0.5) is 0 Å². The van der Waals surface area contributed by atoms with Gasteiger partial charge < -0.3 is 29.9 Å². The van der Waals surface area contributed by atoms with Crippen molar-refractivity contribution in [2.24, 2.45) is 29.1 Å². The largest absolute Gasteiger partial charge is 0.379 e. The maximum Gasteiger partial charge on any atom is 0.269 e. The van der Waals surface area contributed by atoms with Gasteiger partial charge in [-0.2, -0.15) is 0 Å². The first-order valence-electron chi connectivity index (χ1n) is 27.9. The molecule has 3 aliphatic heterocycles. The van der Waals surface area contributed by atoms with Crippen LogP contribution in [0.5, 0.6) is 0 Å². The smallest absolute Gasteiger partial charge is 0.269 e. The first kappa shape index (κ1) is 64.8. The zero-order valence-corrected chi connectivity index (χ0v) is 48.6. The summed E-state index contributed by atoms with van der Waals surface area (Å²) >= 11 is 0. The number of methoxy groups -OCH3 is 2. The number of hydrazine groups is 1. The maximum absolute atomic E-state index is 14.7. The average molecular weight is 1090 g/mol. The van der Waals surface area contributed by atoms with Gasteiger partial charge in [0.25, 0.3) is 17.7 Å². The molecule has 21 heteroatoms. The molecule has 0 bridgehead atoms. The first-order chi connectivity index (χ1) is 36.9. The fourth-order valence-electron chi connectivity index (χ4n) is 10.7. The lowest BCUT2D eigenvalue weighted by Crippen LogP contribution is -2.60. The lowest BCUT2D eigenvalue weighted by molar-refractivity contribution is -0.199. The highest BCUT2D eigenvalue weighted by atomic mass is 16.7. The van der Waals surface area contributed by atoms with Gasteiger partial charge in [0.1, 0.15) is 12.1 Å². The van der Waals surface area contributed by atoms with Crippen LogP contribution in [0.2, 0.25) is 0 Å². The minimum absolute atomic E-state index is 0.0360. The molecular weight excluding hydrogens is 1000 g/mol. The van der Waals surface area contributed by atoms with Gasteiger partial charge in [0, 0.05) is 71.3 Å². The molecule has 1 aromatic carbocycles. The molecule has 0 aromatic heterocycles. The quantitative estimate of drug-likeness (QED) is 0.0664. The minimum Gasteiger partial charge on any atom is -0.379 e. The standard InChI is InChI=1S/C57H91N9O12/c1-14-38(6)50(43(76-12)35-47(70)64-30-20-24-42(64)51(77-13)39(7)52(71)58-41(34-40-22-16-15-17-23-40)54(73)66-31-18-19-33-78-66)63(11)55(74)48(36(2)3)59-53(72)49(37(4)5)62(10)29-21-25-44(67)60-61-56(75)57(8,9)28-32-65-45(68)26-27-46(65)69/h15-17,22-23,26-27,36-39,41-43,48-51H,14,18-21,24-25,28-35H2,1-13H3,(H,58,71)(H,59,72)(H,60,67)(H,61,75)/t38-,39+,41-,42-,43+,48-,49-,50-,51+/m0/s1. The number of carbonyl (C=O) groups is 9. The average Bonchev–Trinajstić information content (AvgIpc) is 4.03. The number of nitrogens with one attached hydrogen (secondary N) is 4. The second-order valence-electron chi connectivity index (χ2n) is 22.6. The van der Waals surface area contributed by atoms with E-state index in [-0.39, 0.29) is 79.5 Å². The van der Waals surface area contributed by atoms with Crippen molar-refractivity contribution in [3.63, 3.8) is 0 Å². The zero-order valence-electron chi connectivity index (χ0n) is 48.6. The Bertz CT molecular complexity index is 2220. The highest BCUT2D eigenvalue weighted by molar-refractivity contribution is 6.12. The predicted molar refractivity (Wildman–Crippen MR) is 293 cm³/mol. The molecule has 0 unspecified atom stereocenters. The van der Waals surface area contributed by atoms with Crippen LogP contribution in [0, 0.1) is 29.1 Å². The fraction of sp³-hybridized carbons (Fsp3) is 0.702. The van der Waals surface area contributed by atoms with Crippen molar-refractivity contribution in [2.45, 2.75) is 169 Å². The monoisotopic (exact) mass is 1090 g/mol. The van der Waals surface area contributed by atoms with Crippen molar-refractivity contribution in [3.8, 4) is 0 Å². The summed E-state index contributed by atoms with van der Waals surface area (Å²) in [5, 5.41) is 7.40. The maximum atomic E-state index is 14.7. The van der Waals surface area contributed by atoms with Crippen molar-refractivity contribution in [3.05, 3.63) is 48.0 Å². The van der Waals surface area contributed by atoms with E-state index in [9.17, 15) is 43.2 Å². The van der Waals surface area contributed by atoms with Crippen LogP contribution in [0.1, 0.15) is 126 Å². The van der Waals surface area contributed by atoms with Crippen LogP contribution < -0.4 is 21.5 Å². The number of likely N-dealkylation sites (N-methyl/N-ethyl adjacent to an activating group) is 2. The van der Waals surface area contributed by atoms with Gasteiger partial charge in [0.15, 0.2) is 0 Å². The lowest BCUT2D eigenvalue weighted by Gasteiger charge is -2.41. The molecule has 3 aliphatic rings. The normalized spacial score (nSPS) is 19.0. The topological polar surface area (TPSA) is 246 Å². The van der Waals surface area contributed by atoms with Crippen molar-refractivity contribution in [2.75, 3.05) is 61.1 Å². The third kappa shape index (κ3) is 17.6. The van der Waals surface area contributed by atoms with Crippen molar-refractivity contribution < 1.29 is 57.5 Å². The summed E-state index contributed by atoms with van der Waals surface area (Å²) in [7, 11) is 6.51. The van der Waals surface area contributed by atoms with E-state index in [1.807, 2.05) is 76.8 Å². The van der Waals surface area contributed by atoms with Crippen LogP contribution in [-0.4, -0.2) is 181 Å². The highest BCUT2D eigenvalue weighted by Gasteiger charge is 2.44. The van der Waals surface area contributed by atoms with E-state index in [1.54, 1.807) is 44.7 Å². The van der Waals surface area contributed by atoms with Crippen molar-refractivity contribution in [1.82, 2.24) is 46.1 Å². The number of benzene rings is 1. The van der Waals surface area contributed by atoms with Gasteiger partial charge in [0.05, 0.1) is 49.3 Å². The van der Waals surface area contributed by atoms with Crippen LogP contribution in [0.15, 0.2) is 42.5 Å². The van der Waals surface area contributed by atoms with Crippen LogP contribution in [-0.2, 0) is 63.9 Å². The van der Waals surface area contributed by atoms with Crippen LogP contribution in [0.3, 0.4) is 0 Å². The van der Waals surface area contributed by atoms with E-state index in [0.29, 0.717) is 51.9 Å². The van der Waals surface area contributed by atoms with Gasteiger partial charge in [0.2, 0.25) is 35.4 Å². The number of rotatable bonds is 29. The summed E-state index contributed by atoms with van der Waals surface area (Å²) < 4.78 is 12.2. The third-order valence-electron chi connectivity index (χ3n) is 15.7. The number of amides is 9. The molecule has 3 heterocycles. The number of carbonyl (C=O) groups excluding carboxylic acids is 9. The molecule has 0 saturated carbocycles. The summed E-state index contributed by atoms with van der Waals surface area (Å²) in [6, 6.07) is 5.96. The molecule has 0 radical (unpaired) electrons. The minimum atomic E-state index is -1.00. The molecule has 4 rings (SSSR count). The first-order valence-corrected chi connectivity index (χ1v) is 27.9. The molecule has 0 spiro atoms. The highest BCUT2D eigenvalue weighted by Crippen LogP contribution is 2.30. The van der Waals surface area contributed by atoms with E-state index >= 15 is 0 Å². The summed E-state index contributed by atoms with van der Waals surface area (Å²) in [6.45, 7) is 18.3. The second-order valence-corrected chi connectivity index (χ2v) is 22.6. The molecule has 9 atom stereocenters. The van der Waals surface area contributed by atoms with Crippen molar-refractivity contribution >= 4 is 53.2 Å². The number of hydrogen-bond donors (Lipinski definition) is 4. The Morgan fingerprint density at radius 2 is 1.50 bits per heavy atom. The van der Waals surface area contributed by atoms with E-state index in [2.05, 4.69) is 21.5 Å². The third-order valence-corrected chi connectivity index (χ3v) is 15.7. The number of hydrogen-bond acceptors (Lipinski definition) is 13. The Morgan fingerprint density at radius 3 is 2.08 bits per heavy atom. The SMILES string of the molecule is CC[C@H](C)[C@@H]([C@@H](CC(=O)N1CCC[C@H]1[C@H](OC)[C@@H](C)C(=O)N[C@@H](Cc1ccccc1)C(=O)N1CCCCO1)OC)N(C)C(=O)[C@@H](NC(=O)[C@H](C(C)C)N(C)CCCC(=O)NNC(=O)C(C)(C)CCN1C(=O)C=CC1=O)C(C)C. The summed E-state index contributed by atoms with van der Waals surface area (Å²) in [6.07, 6.45) is 5.27. The number of ether oxygens (including phenoxy) is 2. The molecule has 21 nitrogen and oxygen atoms in total. The molecule has 78 heavy (non-hydrogen) atoms. The molecule has 2 saturated heterocycles. The molecule has 0 aliphatic carbocycles. The Balaban J connectivity index is 1.38. The van der Waals surface area contributed by atoms with E-state index < -0.39 is 77.4 Å². The van der Waals surface area contributed by atoms with Gasteiger partial charge in [-0.1, -0.05) is 99.1 Å². The lowest BCUT2D eigenvalue weighted by atomic mass is 9.88. The van der Waals surface area contributed by atoms with Crippen LogP contribution in [0.25, 0.3) is 0 Å². The van der Waals surface area contributed by atoms with Gasteiger partial charge in [-0.25, -0.2) is 5.06 Å². The number of imide groups is 1. The predicted octanol–water partition coefficient (Wildman–Crippen LogP) is 3.55. The van der Waals surface area contributed by atoms with E-state index in [0.717, 1.165) is 23.3 Å². The molecule has 4 N–H and O–H groups in total. The molecule has 436 valence electrons. The Kier molecular flexibility index (Phi) is 25.4. The number of likely N-dealkylation sites (tertiary alicyclic amines) is 1. The Hall–Kier alpha value is -5.77. The molecule has 9 amide bonds. The summed E-state index contributed by atoms with van der Waals surface area (Å²) in [4.78, 5) is 133. The summed E-state index contributed by atoms with van der Waals surface area (Å²) in [5.41, 5.74) is 4.76. The fourth-order valence-corrected chi connectivity index (χ4v) is 10.7. The molecular formula is C57H91N9O12. The zero-order chi connectivity index (χ0) is 58.0. The number of nitrogens with zero attached hydrogens (tertiary/aromatic N) is 5. The molecule has 1 aromatic rings. The van der Waals surface area contributed by atoms with Crippen molar-refractivity contribution in [1.29, 1.82) is 0 Å². The van der Waals surface area contributed by atoms with E-state index in [1.165, 1.54) is 31.4 Å². The van der Waals surface area contributed by atoms with Gasteiger partial charge >= 0.3 is 0 Å². The van der Waals surface area contributed by atoms with E-state index in [4.69, 9.17) is 14.3 Å². The number of hydroxylamine groups is 2. The van der Waals surface area contributed by atoms with Gasteiger partial charge in [-0.05, 0) is 75.4 Å². The van der Waals surface area contributed by atoms with Crippen LogP contribution >= 0.6 is 0 Å². The Morgan fingerprint density at radius 1 is 0.833 bits per heavy atom.